The van der Waals surface area contributed by atoms with E-state index in [1.54, 1.807) is 36.8 Å². The Morgan fingerprint density at radius 3 is 2.47 bits per heavy atom. The van der Waals surface area contributed by atoms with Gasteiger partial charge >= 0.3 is 0 Å². The van der Waals surface area contributed by atoms with E-state index in [0.29, 0.717) is 30.0 Å². The van der Waals surface area contributed by atoms with Gasteiger partial charge in [-0.15, -0.1) is 0 Å². The van der Waals surface area contributed by atoms with Crippen LogP contribution in [0.5, 0.6) is 17.2 Å². The van der Waals surface area contributed by atoms with Crippen molar-refractivity contribution in [2.75, 3.05) is 14.2 Å². The van der Waals surface area contributed by atoms with E-state index in [4.69, 9.17) is 9.47 Å². The fraction of sp³-hybridized carbons (Fsp3) is 0.222. The zero-order valence-corrected chi connectivity index (χ0v) is 19.3. The first-order chi connectivity index (χ1) is 16.4. The molecule has 34 heavy (non-hydrogen) atoms. The number of allylic oxidation sites excluding steroid dienone is 3. The second kappa shape index (κ2) is 9.87. The molecule has 1 N–H and O–H groups in total. The molecular formula is C27H25FN2O4. The fourth-order valence-electron chi connectivity index (χ4n) is 4.22. The van der Waals surface area contributed by atoms with Crippen LogP contribution in [0.1, 0.15) is 42.1 Å². The van der Waals surface area contributed by atoms with Gasteiger partial charge in [-0.05, 0) is 77.1 Å². The Morgan fingerprint density at radius 1 is 1.09 bits per heavy atom. The maximum atomic E-state index is 14.2. The molecule has 7 heteroatoms. The van der Waals surface area contributed by atoms with Gasteiger partial charge in [-0.3, -0.25) is 14.8 Å². The van der Waals surface area contributed by atoms with Crippen molar-refractivity contribution in [1.29, 1.82) is 0 Å². The van der Waals surface area contributed by atoms with E-state index < -0.39 is 0 Å². The first kappa shape index (κ1) is 23.2. The van der Waals surface area contributed by atoms with Crippen LogP contribution < -0.4 is 9.47 Å². The van der Waals surface area contributed by atoms with Crippen LogP contribution in [0.15, 0.2) is 54.5 Å². The Morgan fingerprint density at radius 2 is 1.82 bits per heavy atom. The molecule has 174 valence electrons. The van der Waals surface area contributed by atoms with E-state index in [9.17, 15) is 14.3 Å². The number of aromatic nitrogens is 2. The van der Waals surface area contributed by atoms with Gasteiger partial charge < -0.3 is 14.6 Å². The van der Waals surface area contributed by atoms with E-state index >= 15 is 0 Å². The number of fused-ring (bicyclic) bond motifs is 1. The van der Waals surface area contributed by atoms with Crippen molar-refractivity contribution in [3.8, 4) is 17.2 Å². The lowest BCUT2D eigenvalue weighted by atomic mass is 9.98. The molecule has 3 aromatic rings. The summed E-state index contributed by atoms with van der Waals surface area (Å²) in [4.78, 5) is 20.7. The quantitative estimate of drug-likeness (QED) is 0.494. The molecule has 0 spiro atoms. The number of hydrogen-bond donors (Lipinski definition) is 1. The van der Waals surface area contributed by atoms with Crippen LogP contribution in [0.4, 0.5) is 4.39 Å². The minimum absolute atomic E-state index is 0.0455. The maximum absolute atomic E-state index is 14.2. The molecule has 0 fully saturated rings. The lowest BCUT2D eigenvalue weighted by Gasteiger charge is -2.11. The topological polar surface area (TPSA) is 81.5 Å². The second-order valence-corrected chi connectivity index (χ2v) is 8.04. The summed E-state index contributed by atoms with van der Waals surface area (Å²) in [5.41, 5.74) is 5.89. The van der Waals surface area contributed by atoms with E-state index in [0.717, 1.165) is 33.4 Å². The molecule has 0 amide bonds. The zero-order chi connectivity index (χ0) is 24.2. The Balaban J connectivity index is 1.67. The number of phenolic OH excluding ortho intramolecular Hbond substituents is 1. The van der Waals surface area contributed by atoms with Gasteiger partial charge in [-0.25, -0.2) is 4.39 Å². The molecule has 0 saturated carbocycles. The minimum atomic E-state index is -0.329. The van der Waals surface area contributed by atoms with Gasteiger partial charge in [0.05, 0.1) is 26.3 Å². The Bertz CT molecular complexity index is 1270. The standard InChI is InChI=1S/C27H25FN2O4/c1-16-21(7-5-20(31)14-19-15-29-8-9-30-19)24-13-18(28)4-6-22(24)23(16)10-17-11-25(33-2)27(32)26(12-17)34-3/h4,6,8-13,15,32H,5,7,14H2,1-3H3. The number of carbonyl (C=O) groups is 1. The van der Waals surface area contributed by atoms with Crippen LogP contribution in [0.25, 0.3) is 17.2 Å². The number of methoxy groups -OCH3 is 2. The Hall–Kier alpha value is -4.00. The van der Waals surface area contributed by atoms with Gasteiger partial charge in [-0.1, -0.05) is 6.07 Å². The highest BCUT2D eigenvalue weighted by Gasteiger charge is 2.25. The molecule has 0 unspecified atom stereocenters. The molecule has 0 radical (unpaired) electrons. The number of benzene rings is 2. The van der Waals surface area contributed by atoms with Crippen LogP contribution in [0.3, 0.4) is 0 Å². The van der Waals surface area contributed by atoms with E-state index in [2.05, 4.69) is 9.97 Å². The van der Waals surface area contributed by atoms with Crippen molar-refractivity contribution in [3.05, 3.63) is 82.7 Å². The summed E-state index contributed by atoms with van der Waals surface area (Å²) >= 11 is 0. The number of rotatable bonds is 8. The summed E-state index contributed by atoms with van der Waals surface area (Å²) in [5, 5.41) is 10.2. The largest absolute Gasteiger partial charge is 0.502 e. The number of ketones is 1. The SMILES string of the molecule is COc1cc(C=C2C(C)=C(CCC(=O)Cc3cnccn3)c3cc(F)ccc32)cc(OC)c1O. The number of Topliss-reactive ketones (excluding diaryl/α,β-unsaturated/α-hetero) is 1. The average molecular weight is 461 g/mol. The lowest BCUT2D eigenvalue weighted by Crippen LogP contribution is -2.05. The number of nitrogens with zero attached hydrogens (tertiary/aromatic N) is 2. The number of aromatic hydroxyl groups is 1. The minimum Gasteiger partial charge on any atom is -0.502 e. The van der Waals surface area contributed by atoms with E-state index in [1.807, 2.05) is 13.0 Å². The zero-order valence-electron chi connectivity index (χ0n) is 19.3. The third-order valence-electron chi connectivity index (χ3n) is 5.92. The molecule has 1 aromatic heterocycles. The van der Waals surface area contributed by atoms with Gasteiger partial charge in [0.15, 0.2) is 11.5 Å². The van der Waals surface area contributed by atoms with Crippen LogP contribution in [-0.4, -0.2) is 35.1 Å². The summed E-state index contributed by atoms with van der Waals surface area (Å²) in [5.74, 6) is 0.226. The fourth-order valence-corrected chi connectivity index (χ4v) is 4.22. The van der Waals surface area contributed by atoms with Gasteiger partial charge in [0, 0.05) is 25.0 Å². The number of ether oxygens (including phenoxy) is 2. The van der Waals surface area contributed by atoms with E-state index in [1.165, 1.54) is 26.4 Å². The predicted molar refractivity (Wildman–Crippen MR) is 128 cm³/mol. The molecule has 6 nitrogen and oxygen atoms in total. The second-order valence-electron chi connectivity index (χ2n) is 8.04. The molecule has 0 aliphatic heterocycles. The number of carbonyl (C=O) groups excluding carboxylic acids is 1. The molecular weight excluding hydrogens is 435 g/mol. The summed E-state index contributed by atoms with van der Waals surface area (Å²) in [6.45, 7) is 1.97. The molecule has 2 aromatic carbocycles. The summed E-state index contributed by atoms with van der Waals surface area (Å²) < 4.78 is 24.7. The maximum Gasteiger partial charge on any atom is 0.200 e. The molecule has 4 rings (SSSR count). The van der Waals surface area contributed by atoms with Crippen molar-refractivity contribution in [3.63, 3.8) is 0 Å². The van der Waals surface area contributed by atoms with Crippen LogP contribution in [0.2, 0.25) is 0 Å². The van der Waals surface area contributed by atoms with Gasteiger partial charge in [0.1, 0.15) is 11.6 Å². The lowest BCUT2D eigenvalue weighted by molar-refractivity contribution is -0.118. The Labute approximate surface area is 197 Å². The molecule has 1 aliphatic carbocycles. The van der Waals surface area contributed by atoms with Crippen molar-refractivity contribution in [2.45, 2.75) is 26.2 Å². The van der Waals surface area contributed by atoms with Crippen LogP contribution in [-0.2, 0) is 11.2 Å². The van der Waals surface area contributed by atoms with Crippen molar-refractivity contribution < 1.29 is 23.8 Å². The van der Waals surface area contributed by atoms with Crippen molar-refractivity contribution in [2.24, 2.45) is 0 Å². The first-order valence-corrected chi connectivity index (χ1v) is 10.8. The van der Waals surface area contributed by atoms with Gasteiger partial charge in [0.2, 0.25) is 5.75 Å². The molecule has 0 bridgehead atoms. The number of halogens is 1. The number of hydrogen-bond acceptors (Lipinski definition) is 6. The summed E-state index contributed by atoms with van der Waals surface area (Å²) in [6, 6.07) is 8.12. The highest BCUT2D eigenvalue weighted by Crippen LogP contribution is 2.45. The molecule has 0 atom stereocenters. The normalized spacial score (nSPS) is 13.8. The smallest absolute Gasteiger partial charge is 0.200 e. The monoisotopic (exact) mass is 460 g/mol. The third kappa shape index (κ3) is 4.69. The number of phenols is 1. The first-order valence-electron chi connectivity index (χ1n) is 10.8. The summed E-state index contributed by atoms with van der Waals surface area (Å²) in [6.07, 6.45) is 7.68. The molecule has 1 aliphatic rings. The molecule has 0 saturated heterocycles. The molecule has 1 heterocycles. The van der Waals surface area contributed by atoms with Crippen molar-refractivity contribution in [1.82, 2.24) is 9.97 Å². The van der Waals surface area contributed by atoms with Gasteiger partial charge in [0.25, 0.3) is 0 Å². The average Bonchev–Trinajstić information content (AvgIpc) is 3.09. The third-order valence-corrected chi connectivity index (χ3v) is 5.92. The Kier molecular flexibility index (Phi) is 6.72. The van der Waals surface area contributed by atoms with Gasteiger partial charge in [-0.2, -0.15) is 0 Å². The predicted octanol–water partition coefficient (Wildman–Crippen LogP) is 5.26. The highest BCUT2D eigenvalue weighted by atomic mass is 19.1. The van der Waals surface area contributed by atoms with E-state index in [-0.39, 0.29) is 23.8 Å². The highest BCUT2D eigenvalue weighted by molar-refractivity contribution is 6.05. The van der Waals surface area contributed by atoms with Crippen LogP contribution >= 0.6 is 0 Å². The van der Waals surface area contributed by atoms with Crippen LogP contribution in [0, 0.1) is 5.82 Å². The summed E-state index contributed by atoms with van der Waals surface area (Å²) in [7, 11) is 2.95. The van der Waals surface area contributed by atoms with Crippen molar-refractivity contribution >= 4 is 23.0 Å².